The van der Waals surface area contributed by atoms with Gasteiger partial charge in [-0.15, -0.1) is 0 Å². The van der Waals surface area contributed by atoms with Crippen LogP contribution in [0.15, 0.2) is 60.8 Å². The van der Waals surface area contributed by atoms with E-state index in [9.17, 15) is 24.0 Å². The third kappa shape index (κ3) is 10.3. The van der Waals surface area contributed by atoms with Gasteiger partial charge in [0.1, 0.15) is 5.78 Å². The smallest absolute Gasteiger partial charge is 0.308 e. The van der Waals surface area contributed by atoms with Crippen LogP contribution in [0.25, 0.3) is 0 Å². The summed E-state index contributed by atoms with van der Waals surface area (Å²) in [7, 11) is 2.78. The summed E-state index contributed by atoms with van der Waals surface area (Å²) in [5.41, 5.74) is 2.31. The Labute approximate surface area is 261 Å². The van der Waals surface area contributed by atoms with E-state index in [-0.39, 0.29) is 48.2 Å². The van der Waals surface area contributed by atoms with Crippen LogP contribution >= 0.6 is 11.6 Å². The number of Topliss-reactive ketones (excluding diaryl/α,β-unsaturated/α-hetero) is 2. The number of nitrogens with zero attached hydrogens (tertiary/aromatic N) is 3. The fraction of sp³-hybridized carbons (Fsp3) is 0.469. The Balaban J connectivity index is 0.000000191. The van der Waals surface area contributed by atoms with Crippen LogP contribution in [0.4, 0.5) is 0 Å². The molecule has 0 bridgehead atoms. The number of aromatic nitrogens is 2. The van der Waals surface area contributed by atoms with E-state index in [0.29, 0.717) is 17.5 Å². The maximum atomic E-state index is 12.3. The summed E-state index contributed by atoms with van der Waals surface area (Å²) in [6.07, 6.45) is 11.9. The minimum absolute atomic E-state index is 0.0646. The van der Waals surface area contributed by atoms with E-state index in [1.54, 1.807) is 24.3 Å². The van der Waals surface area contributed by atoms with Crippen LogP contribution in [-0.4, -0.2) is 84.1 Å². The minimum atomic E-state index is -0.736. The lowest BCUT2D eigenvalue weighted by molar-refractivity contribution is -0.148. The fourth-order valence-corrected chi connectivity index (χ4v) is 5.32. The molecule has 11 nitrogen and oxygen atoms in total. The van der Waals surface area contributed by atoms with Crippen LogP contribution in [0.1, 0.15) is 59.2 Å². The van der Waals surface area contributed by atoms with Crippen molar-refractivity contribution in [2.75, 3.05) is 40.5 Å². The van der Waals surface area contributed by atoms with Gasteiger partial charge in [-0.25, -0.2) is 0 Å². The highest BCUT2D eigenvalue weighted by molar-refractivity contribution is 6.67. The zero-order valence-electron chi connectivity index (χ0n) is 25.0. The molecule has 2 aromatic rings. The molecule has 0 radical (unpaired) electrons. The third-order valence-electron chi connectivity index (χ3n) is 7.71. The van der Waals surface area contributed by atoms with Crippen molar-refractivity contribution in [3.63, 3.8) is 0 Å². The molecule has 2 aromatic heterocycles. The van der Waals surface area contributed by atoms with Crippen LogP contribution in [0.5, 0.6) is 0 Å². The van der Waals surface area contributed by atoms with Crippen molar-refractivity contribution in [3.8, 4) is 0 Å². The second kappa shape index (κ2) is 18.0. The molecule has 5 rings (SSSR count). The van der Waals surface area contributed by atoms with E-state index in [0.717, 1.165) is 45.6 Å². The summed E-state index contributed by atoms with van der Waals surface area (Å²) in [6, 6.07) is 6.29. The molecule has 236 valence electrons. The first-order valence-electron chi connectivity index (χ1n) is 14.5. The number of hydrogen-bond acceptors (Lipinski definition) is 11. The first kappa shape index (κ1) is 34.5. The molecular formula is C32H38ClN3O8. The van der Waals surface area contributed by atoms with Gasteiger partial charge >= 0.3 is 11.9 Å². The van der Waals surface area contributed by atoms with Crippen LogP contribution < -0.4 is 0 Å². The van der Waals surface area contributed by atoms with Gasteiger partial charge in [-0.05, 0) is 68.0 Å². The molecule has 0 amide bonds. The van der Waals surface area contributed by atoms with Crippen LogP contribution in [0.2, 0.25) is 0 Å². The van der Waals surface area contributed by atoms with Crippen molar-refractivity contribution in [2.24, 2.45) is 17.8 Å². The third-order valence-corrected chi connectivity index (χ3v) is 7.93. The molecule has 2 aliphatic carbocycles. The number of esters is 2. The fourth-order valence-electron chi connectivity index (χ4n) is 5.20. The predicted molar refractivity (Wildman–Crippen MR) is 161 cm³/mol. The van der Waals surface area contributed by atoms with Gasteiger partial charge in [-0.3, -0.25) is 33.9 Å². The lowest BCUT2D eigenvalue weighted by Crippen LogP contribution is -2.36. The van der Waals surface area contributed by atoms with Crippen LogP contribution in [-0.2, 0) is 28.6 Å². The molecule has 44 heavy (non-hydrogen) atoms. The monoisotopic (exact) mass is 627 g/mol. The summed E-state index contributed by atoms with van der Waals surface area (Å²) in [5, 5.41) is -0.447. The van der Waals surface area contributed by atoms with Crippen molar-refractivity contribution in [2.45, 2.75) is 38.5 Å². The SMILES string of the molecule is COC(=O)C1CC=C(N2CCOCC2)CC1.COC(=O)C1CCC(=O)C(C(=O)c2ccncc2)C1.O=C(Cl)c1ccncc1. The standard InChI is InChI=1S/C14H15NO4.C12H19NO3.C6H4ClNO/c1-19-14(18)10-2-3-12(16)11(8-10)13(17)9-4-6-15-7-5-9;1-15-12(14)10-2-4-11(5-3-10)13-6-8-16-9-7-13;7-6(9)5-1-3-8-4-2-5/h4-7,10-11H,2-3,8H2,1H3;4,10H,2-3,5-9H2,1H3;1-4H. The highest BCUT2D eigenvalue weighted by atomic mass is 35.5. The zero-order chi connectivity index (χ0) is 31.9. The van der Waals surface area contributed by atoms with Crippen LogP contribution in [0, 0.1) is 17.8 Å². The maximum Gasteiger partial charge on any atom is 0.308 e. The van der Waals surface area contributed by atoms with Crippen molar-refractivity contribution >= 4 is 40.3 Å². The van der Waals surface area contributed by atoms with E-state index in [1.807, 2.05) is 0 Å². The first-order chi connectivity index (χ1) is 21.2. The molecular weight excluding hydrogens is 590 g/mol. The largest absolute Gasteiger partial charge is 0.469 e. The number of ether oxygens (including phenoxy) is 3. The molecule has 0 N–H and O–H groups in total. The molecule has 3 unspecified atom stereocenters. The number of hydrogen-bond donors (Lipinski definition) is 0. The highest BCUT2D eigenvalue weighted by Gasteiger charge is 2.37. The summed E-state index contributed by atoms with van der Waals surface area (Å²) < 4.78 is 14.8. The summed E-state index contributed by atoms with van der Waals surface area (Å²) in [4.78, 5) is 67.3. The molecule has 0 spiro atoms. The van der Waals surface area contributed by atoms with Gasteiger partial charge in [0.2, 0.25) is 0 Å². The van der Waals surface area contributed by atoms with Gasteiger partial charge in [0.15, 0.2) is 5.78 Å². The molecule has 1 saturated heterocycles. The van der Waals surface area contributed by atoms with Crippen LogP contribution in [0.3, 0.4) is 0 Å². The van der Waals surface area contributed by atoms with E-state index < -0.39 is 11.2 Å². The maximum absolute atomic E-state index is 12.3. The second-order valence-electron chi connectivity index (χ2n) is 10.4. The number of morpholine rings is 1. The average molecular weight is 628 g/mol. The second-order valence-corrected chi connectivity index (χ2v) is 10.8. The van der Waals surface area contributed by atoms with E-state index in [2.05, 4.69) is 25.7 Å². The molecule has 3 aliphatic rings. The molecule has 3 heterocycles. The zero-order valence-corrected chi connectivity index (χ0v) is 25.7. The molecule has 0 aromatic carbocycles. The molecule has 2 fully saturated rings. The lowest BCUT2D eigenvalue weighted by Gasteiger charge is -2.33. The van der Waals surface area contributed by atoms with Gasteiger partial charge in [0, 0.05) is 61.1 Å². The van der Waals surface area contributed by atoms with E-state index in [1.165, 1.54) is 44.7 Å². The molecule has 1 saturated carbocycles. The highest BCUT2D eigenvalue weighted by Crippen LogP contribution is 2.30. The number of rotatable bonds is 6. The molecule has 1 aliphatic heterocycles. The van der Waals surface area contributed by atoms with Gasteiger partial charge in [-0.2, -0.15) is 0 Å². The van der Waals surface area contributed by atoms with Crippen molar-refractivity contribution in [1.29, 1.82) is 0 Å². The number of pyridine rings is 2. The summed E-state index contributed by atoms with van der Waals surface area (Å²) >= 11 is 5.14. The Morgan fingerprint density at radius 1 is 0.841 bits per heavy atom. The summed E-state index contributed by atoms with van der Waals surface area (Å²) in [6.45, 7) is 3.60. The van der Waals surface area contributed by atoms with Gasteiger partial charge in [-0.1, -0.05) is 6.08 Å². The quantitative estimate of drug-likeness (QED) is 0.198. The lowest BCUT2D eigenvalue weighted by atomic mass is 9.77. The summed E-state index contributed by atoms with van der Waals surface area (Å²) in [5.74, 6) is -1.78. The number of ketones is 2. The minimum Gasteiger partial charge on any atom is -0.469 e. The topological polar surface area (TPSA) is 142 Å². The average Bonchev–Trinajstić information content (AvgIpc) is 3.09. The van der Waals surface area contributed by atoms with Crippen molar-refractivity contribution in [1.82, 2.24) is 14.9 Å². The Bertz CT molecular complexity index is 1300. The first-order valence-corrected chi connectivity index (χ1v) is 14.9. The molecule has 3 atom stereocenters. The number of carbonyl (C=O) groups excluding carboxylic acids is 5. The Kier molecular flexibility index (Phi) is 14.1. The normalized spacial score (nSPS) is 21.2. The Morgan fingerprint density at radius 3 is 1.89 bits per heavy atom. The van der Waals surface area contributed by atoms with Gasteiger partial charge < -0.3 is 19.1 Å². The number of methoxy groups -OCH3 is 2. The van der Waals surface area contributed by atoms with Crippen molar-refractivity contribution in [3.05, 3.63) is 72.0 Å². The Morgan fingerprint density at radius 2 is 1.39 bits per heavy atom. The van der Waals surface area contributed by atoms with E-state index in [4.69, 9.17) is 21.1 Å². The number of halogens is 1. The molecule has 12 heteroatoms. The van der Waals surface area contributed by atoms with Gasteiger partial charge in [0.25, 0.3) is 5.24 Å². The number of allylic oxidation sites excluding steroid dienone is 2. The van der Waals surface area contributed by atoms with Gasteiger partial charge in [0.05, 0.1) is 45.2 Å². The number of carbonyl (C=O) groups is 5. The van der Waals surface area contributed by atoms with Crippen molar-refractivity contribution < 1.29 is 38.2 Å². The Hall–Kier alpha value is -3.96. The predicted octanol–water partition coefficient (Wildman–Crippen LogP) is 4.06. The van der Waals surface area contributed by atoms with E-state index >= 15 is 0 Å².